The summed E-state index contributed by atoms with van der Waals surface area (Å²) in [6.07, 6.45) is 10.9. The van der Waals surface area contributed by atoms with Gasteiger partial charge in [0.05, 0.1) is 19.6 Å². The Hall–Kier alpha value is -3.45. The van der Waals surface area contributed by atoms with Crippen molar-refractivity contribution in [3.63, 3.8) is 0 Å². The fourth-order valence-electron chi connectivity index (χ4n) is 3.48. The van der Waals surface area contributed by atoms with Gasteiger partial charge in [0.15, 0.2) is 0 Å². The molecule has 0 bridgehead atoms. The normalized spacial score (nSPS) is 10.2. The number of aliphatic imine (C=N–C) groups is 3. The fourth-order valence-corrected chi connectivity index (χ4v) is 3.48. The lowest BCUT2D eigenvalue weighted by atomic mass is 10.2. The quantitative estimate of drug-likeness (QED) is 0.165. The number of hydrogen-bond donors (Lipinski definition) is 0. The van der Waals surface area contributed by atoms with Crippen molar-refractivity contribution < 1.29 is 14.4 Å². The SMILES string of the molecule is O=C=NCCCCCCn1c(=O)n(CCCCCN=C=O)c(=O)n(CCCCCN=C=O)c1=O. The molecule has 0 fully saturated rings. The van der Waals surface area contributed by atoms with Crippen molar-refractivity contribution in [2.24, 2.45) is 15.0 Å². The molecule has 1 aromatic rings. The van der Waals surface area contributed by atoms with E-state index in [0.717, 1.165) is 33.0 Å². The molecule has 12 heteroatoms. The van der Waals surface area contributed by atoms with E-state index >= 15 is 0 Å². The van der Waals surface area contributed by atoms with Crippen LogP contribution in [0.3, 0.4) is 0 Å². The van der Waals surface area contributed by atoms with Gasteiger partial charge >= 0.3 is 17.1 Å². The van der Waals surface area contributed by atoms with Crippen LogP contribution in [0.25, 0.3) is 0 Å². The molecule has 0 saturated carbocycles. The van der Waals surface area contributed by atoms with Crippen LogP contribution in [0.15, 0.2) is 29.4 Å². The third-order valence-corrected chi connectivity index (χ3v) is 5.28. The molecule has 0 unspecified atom stereocenters. The fraction of sp³-hybridized carbons (Fsp3) is 0.727. The molecule has 1 rings (SSSR count). The van der Waals surface area contributed by atoms with Gasteiger partial charge in [0.1, 0.15) is 0 Å². The molecular formula is C22H32N6O6. The lowest BCUT2D eigenvalue weighted by Gasteiger charge is -2.14. The largest absolute Gasteiger partial charge is 0.336 e. The van der Waals surface area contributed by atoms with Crippen LogP contribution in [0, 0.1) is 0 Å². The van der Waals surface area contributed by atoms with E-state index in [1.165, 1.54) is 18.2 Å². The van der Waals surface area contributed by atoms with E-state index in [2.05, 4.69) is 15.0 Å². The Kier molecular flexibility index (Phi) is 15.2. The highest BCUT2D eigenvalue weighted by Gasteiger charge is 2.15. The highest BCUT2D eigenvalue weighted by atomic mass is 16.2. The summed E-state index contributed by atoms with van der Waals surface area (Å²) in [5, 5.41) is 0. The van der Waals surface area contributed by atoms with Gasteiger partial charge in [-0.2, -0.15) is 0 Å². The number of unbranched alkanes of at least 4 members (excludes halogenated alkanes) is 7. The monoisotopic (exact) mass is 476 g/mol. The third kappa shape index (κ3) is 10.4. The van der Waals surface area contributed by atoms with Crippen LogP contribution < -0.4 is 17.1 Å². The molecule has 0 radical (unpaired) electrons. The lowest BCUT2D eigenvalue weighted by Crippen LogP contribution is -2.54. The number of carbonyl (C=O) groups excluding carboxylic acids is 3. The molecule has 1 heterocycles. The first kappa shape index (κ1) is 28.6. The average molecular weight is 477 g/mol. The molecule has 0 atom stereocenters. The number of aromatic nitrogens is 3. The second-order valence-electron chi connectivity index (χ2n) is 7.76. The zero-order valence-corrected chi connectivity index (χ0v) is 19.4. The van der Waals surface area contributed by atoms with Crippen molar-refractivity contribution in [1.29, 1.82) is 0 Å². The van der Waals surface area contributed by atoms with Gasteiger partial charge in [0.2, 0.25) is 18.2 Å². The number of hydrogen-bond acceptors (Lipinski definition) is 9. The Morgan fingerprint density at radius 3 is 1.00 bits per heavy atom. The van der Waals surface area contributed by atoms with Crippen molar-refractivity contribution in [3.05, 3.63) is 31.5 Å². The summed E-state index contributed by atoms with van der Waals surface area (Å²) in [5.74, 6) is 0. The second kappa shape index (κ2) is 18.0. The first-order chi connectivity index (χ1) is 16.6. The van der Waals surface area contributed by atoms with E-state index in [1.807, 2.05) is 0 Å². The van der Waals surface area contributed by atoms with Crippen LogP contribution in [-0.2, 0) is 34.0 Å². The van der Waals surface area contributed by atoms with Crippen LogP contribution in [0.5, 0.6) is 0 Å². The molecule has 0 aliphatic carbocycles. The summed E-state index contributed by atoms with van der Waals surface area (Å²) >= 11 is 0. The molecular weight excluding hydrogens is 444 g/mol. The average Bonchev–Trinajstić information content (AvgIpc) is 2.83. The highest BCUT2D eigenvalue weighted by Crippen LogP contribution is 2.02. The van der Waals surface area contributed by atoms with Crippen LogP contribution in [0.1, 0.15) is 64.2 Å². The van der Waals surface area contributed by atoms with Crippen LogP contribution in [0.2, 0.25) is 0 Å². The second-order valence-corrected chi connectivity index (χ2v) is 7.76. The Bertz CT molecular complexity index is 1000. The maximum Gasteiger partial charge on any atom is 0.336 e. The van der Waals surface area contributed by atoms with Gasteiger partial charge in [-0.15, -0.1) is 0 Å². The highest BCUT2D eigenvalue weighted by molar-refractivity contribution is 5.33. The van der Waals surface area contributed by atoms with Gasteiger partial charge in [-0.25, -0.2) is 57.4 Å². The standard InChI is InChI=1S/C22H32N6O6/c29-17-23-11-5-1-2-8-14-26-20(32)27(15-9-3-6-12-24-18-30)22(34)28(21(26)33)16-10-4-7-13-25-19-31/h1-16H2. The van der Waals surface area contributed by atoms with Crippen LogP contribution in [0.4, 0.5) is 0 Å². The van der Waals surface area contributed by atoms with E-state index in [9.17, 15) is 28.8 Å². The number of rotatable bonds is 19. The Morgan fingerprint density at radius 1 is 0.441 bits per heavy atom. The topological polar surface area (TPSA) is 154 Å². The maximum absolute atomic E-state index is 12.9. The molecule has 34 heavy (non-hydrogen) atoms. The summed E-state index contributed by atoms with van der Waals surface area (Å²) in [6, 6.07) is 0. The van der Waals surface area contributed by atoms with Crippen molar-refractivity contribution in [3.8, 4) is 0 Å². The molecule has 0 amide bonds. The third-order valence-electron chi connectivity index (χ3n) is 5.28. The molecule has 0 spiro atoms. The predicted octanol–water partition coefficient (Wildman–Crippen LogP) is 1.08. The molecule has 1 aromatic heterocycles. The first-order valence-electron chi connectivity index (χ1n) is 11.6. The van der Waals surface area contributed by atoms with E-state index in [4.69, 9.17) is 0 Å². The molecule has 0 aliphatic heterocycles. The van der Waals surface area contributed by atoms with E-state index in [0.29, 0.717) is 64.6 Å². The summed E-state index contributed by atoms with van der Waals surface area (Å²) in [6.45, 7) is 1.61. The van der Waals surface area contributed by atoms with E-state index in [-0.39, 0.29) is 19.6 Å². The number of isocyanates is 3. The number of nitrogens with zero attached hydrogens (tertiary/aromatic N) is 6. The van der Waals surface area contributed by atoms with Crippen LogP contribution in [-0.4, -0.2) is 51.6 Å². The van der Waals surface area contributed by atoms with Crippen molar-refractivity contribution in [1.82, 2.24) is 13.7 Å². The Morgan fingerprint density at radius 2 is 0.706 bits per heavy atom. The minimum atomic E-state index is -0.630. The van der Waals surface area contributed by atoms with Crippen LogP contribution >= 0.6 is 0 Å². The molecule has 0 aromatic carbocycles. The van der Waals surface area contributed by atoms with Crippen molar-refractivity contribution >= 4 is 18.2 Å². The zero-order valence-electron chi connectivity index (χ0n) is 19.4. The maximum atomic E-state index is 12.9. The Balaban J connectivity index is 2.94. The smallest absolute Gasteiger partial charge is 0.247 e. The van der Waals surface area contributed by atoms with Crippen molar-refractivity contribution in [2.45, 2.75) is 83.8 Å². The van der Waals surface area contributed by atoms with Gasteiger partial charge < -0.3 is 0 Å². The molecule has 0 saturated heterocycles. The summed E-state index contributed by atoms with van der Waals surface area (Å²) < 4.78 is 3.30. The zero-order chi connectivity index (χ0) is 25.0. The molecule has 0 N–H and O–H groups in total. The van der Waals surface area contributed by atoms with Gasteiger partial charge in [-0.3, -0.25) is 0 Å². The Labute approximate surface area is 196 Å². The van der Waals surface area contributed by atoms with Gasteiger partial charge in [0.25, 0.3) is 0 Å². The molecule has 186 valence electrons. The minimum Gasteiger partial charge on any atom is -0.247 e. The van der Waals surface area contributed by atoms with Gasteiger partial charge in [-0.1, -0.05) is 12.8 Å². The molecule has 12 nitrogen and oxygen atoms in total. The summed E-state index contributed by atoms with van der Waals surface area (Å²) in [7, 11) is 0. The van der Waals surface area contributed by atoms with E-state index < -0.39 is 17.1 Å². The van der Waals surface area contributed by atoms with Gasteiger partial charge in [-0.05, 0) is 51.4 Å². The summed E-state index contributed by atoms with van der Waals surface area (Å²) in [5.41, 5.74) is -1.87. The van der Waals surface area contributed by atoms with E-state index in [1.54, 1.807) is 0 Å². The minimum absolute atomic E-state index is 0.167. The first-order valence-corrected chi connectivity index (χ1v) is 11.6. The van der Waals surface area contributed by atoms with Crippen molar-refractivity contribution in [2.75, 3.05) is 19.6 Å². The van der Waals surface area contributed by atoms with Gasteiger partial charge in [0, 0.05) is 19.6 Å². The predicted molar refractivity (Wildman–Crippen MR) is 124 cm³/mol. The lowest BCUT2D eigenvalue weighted by molar-refractivity contribution is 0.414. The molecule has 0 aliphatic rings. The summed E-state index contributed by atoms with van der Waals surface area (Å²) in [4.78, 5) is 79.5.